The molecular formula is C10H13F2NO3S. The third-order valence-corrected chi connectivity index (χ3v) is 3.60. The first-order valence-corrected chi connectivity index (χ1v) is 6.32. The lowest BCUT2D eigenvalue weighted by Gasteiger charge is -2.13. The second-order valence-corrected chi connectivity index (χ2v) is 5.18. The van der Waals surface area contributed by atoms with Crippen LogP contribution in [0.3, 0.4) is 0 Å². The fraction of sp³-hybridized carbons (Fsp3) is 0.400. The molecule has 0 aliphatic rings. The number of halogens is 2. The van der Waals surface area contributed by atoms with Crippen LogP contribution < -0.4 is 4.72 Å². The van der Waals surface area contributed by atoms with Gasteiger partial charge in [-0.25, -0.2) is 21.9 Å². The van der Waals surface area contributed by atoms with E-state index in [0.717, 1.165) is 18.2 Å². The standard InChI is InChI=1S/C10H13F2NO3S/c1-7(6-16-2)13-17(14,15)10-8(11)4-3-5-9(10)12/h3-5,7,13H,6H2,1-2H3/t7-/m0/s1. The molecule has 0 aliphatic heterocycles. The van der Waals surface area contributed by atoms with E-state index in [0.29, 0.717) is 0 Å². The second-order valence-electron chi connectivity index (χ2n) is 3.53. The van der Waals surface area contributed by atoms with E-state index >= 15 is 0 Å². The summed E-state index contributed by atoms with van der Waals surface area (Å²) in [6, 6.07) is 2.29. The molecular weight excluding hydrogens is 252 g/mol. The number of hydrogen-bond donors (Lipinski definition) is 1. The summed E-state index contributed by atoms with van der Waals surface area (Å²) < 4.78 is 56.9. The van der Waals surface area contributed by atoms with E-state index in [9.17, 15) is 17.2 Å². The zero-order valence-corrected chi connectivity index (χ0v) is 10.2. The molecule has 0 bridgehead atoms. The van der Waals surface area contributed by atoms with Crippen LogP contribution >= 0.6 is 0 Å². The quantitative estimate of drug-likeness (QED) is 0.872. The Morgan fingerprint density at radius 1 is 1.35 bits per heavy atom. The summed E-state index contributed by atoms with van der Waals surface area (Å²) in [6.45, 7) is 1.63. The van der Waals surface area contributed by atoms with Gasteiger partial charge in [-0.05, 0) is 19.1 Å². The average molecular weight is 265 g/mol. The Labute approximate surface area is 98.6 Å². The predicted molar refractivity (Wildman–Crippen MR) is 58.0 cm³/mol. The normalized spacial score (nSPS) is 13.6. The summed E-state index contributed by atoms with van der Waals surface area (Å²) in [4.78, 5) is -0.969. The monoisotopic (exact) mass is 265 g/mol. The van der Waals surface area contributed by atoms with Crippen molar-refractivity contribution in [3.05, 3.63) is 29.8 Å². The molecule has 0 fully saturated rings. The number of hydrogen-bond acceptors (Lipinski definition) is 3. The fourth-order valence-electron chi connectivity index (χ4n) is 1.35. The fourth-order valence-corrected chi connectivity index (χ4v) is 2.71. The molecule has 0 spiro atoms. The highest BCUT2D eigenvalue weighted by molar-refractivity contribution is 7.89. The van der Waals surface area contributed by atoms with Gasteiger partial charge in [-0.2, -0.15) is 0 Å². The van der Waals surface area contributed by atoms with Crippen LogP contribution in [0.1, 0.15) is 6.92 Å². The van der Waals surface area contributed by atoms with Crippen molar-refractivity contribution < 1.29 is 21.9 Å². The number of methoxy groups -OCH3 is 1. The topological polar surface area (TPSA) is 55.4 Å². The summed E-state index contributed by atoms with van der Waals surface area (Å²) in [5.41, 5.74) is 0. The van der Waals surface area contributed by atoms with Gasteiger partial charge in [-0.15, -0.1) is 0 Å². The van der Waals surface area contributed by atoms with E-state index in [-0.39, 0.29) is 6.61 Å². The third-order valence-electron chi connectivity index (χ3n) is 1.96. The molecule has 1 aromatic rings. The van der Waals surface area contributed by atoms with Gasteiger partial charge in [0, 0.05) is 13.2 Å². The lowest BCUT2D eigenvalue weighted by Crippen LogP contribution is -2.36. The smallest absolute Gasteiger partial charge is 0.246 e. The zero-order valence-electron chi connectivity index (χ0n) is 9.41. The summed E-state index contributed by atoms with van der Waals surface area (Å²) in [6.07, 6.45) is 0. The van der Waals surface area contributed by atoms with Crippen LogP contribution in [-0.2, 0) is 14.8 Å². The molecule has 0 saturated heterocycles. The maximum Gasteiger partial charge on any atom is 0.246 e. The minimum atomic E-state index is -4.22. The Morgan fingerprint density at radius 2 is 1.88 bits per heavy atom. The van der Waals surface area contributed by atoms with Gasteiger partial charge in [-0.1, -0.05) is 6.07 Å². The molecule has 17 heavy (non-hydrogen) atoms. The Morgan fingerprint density at radius 3 is 2.35 bits per heavy atom. The maximum atomic E-state index is 13.3. The average Bonchev–Trinajstić information content (AvgIpc) is 2.15. The van der Waals surface area contributed by atoms with Crippen LogP contribution in [0.25, 0.3) is 0 Å². The summed E-state index contributed by atoms with van der Waals surface area (Å²) in [7, 11) is -2.83. The van der Waals surface area contributed by atoms with Crippen LogP contribution in [0.4, 0.5) is 8.78 Å². The molecule has 7 heteroatoms. The molecule has 0 radical (unpaired) electrons. The molecule has 0 aromatic heterocycles. The van der Waals surface area contributed by atoms with Gasteiger partial charge < -0.3 is 4.74 Å². The van der Waals surface area contributed by atoms with Crippen LogP contribution in [-0.4, -0.2) is 28.2 Å². The van der Waals surface area contributed by atoms with E-state index in [2.05, 4.69) is 4.72 Å². The molecule has 96 valence electrons. The maximum absolute atomic E-state index is 13.3. The second kappa shape index (κ2) is 5.52. The summed E-state index contributed by atoms with van der Waals surface area (Å²) in [5.74, 6) is -2.25. The molecule has 0 heterocycles. The Kier molecular flexibility index (Phi) is 4.55. The van der Waals surface area contributed by atoms with Crippen molar-refractivity contribution in [2.45, 2.75) is 17.9 Å². The molecule has 4 nitrogen and oxygen atoms in total. The molecule has 0 amide bonds. The summed E-state index contributed by atoms with van der Waals surface area (Å²) >= 11 is 0. The van der Waals surface area contributed by atoms with Crippen molar-refractivity contribution in [3.63, 3.8) is 0 Å². The van der Waals surface area contributed by atoms with Gasteiger partial charge in [-0.3, -0.25) is 0 Å². The van der Waals surface area contributed by atoms with Crippen LogP contribution in [0, 0.1) is 11.6 Å². The first-order chi connectivity index (χ1) is 7.88. The number of benzene rings is 1. The Balaban J connectivity index is 3.06. The third kappa shape index (κ3) is 3.45. The molecule has 0 unspecified atom stereocenters. The van der Waals surface area contributed by atoms with Crippen molar-refractivity contribution >= 4 is 10.0 Å². The van der Waals surface area contributed by atoms with Gasteiger partial charge >= 0.3 is 0 Å². The number of rotatable bonds is 5. The van der Waals surface area contributed by atoms with Crippen LogP contribution in [0.2, 0.25) is 0 Å². The Bertz CT molecular complexity index is 470. The minimum absolute atomic E-state index is 0.106. The van der Waals surface area contributed by atoms with E-state index in [1.54, 1.807) is 0 Å². The van der Waals surface area contributed by atoms with E-state index in [1.807, 2.05) is 0 Å². The molecule has 1 atom stereocenters. The Hall–Kier alpha value is -1.05. The predicted octanol–water partition coefficient (Wildman–Crippen LogP) is 1.28. The SMILES string of the molecule is COC[C@H](C)NS(=O)(=O)c1c(F)cccc1F. The van der Waals surface area contributed by atoms with E-state index < -0.39 is 32.6 Å². The highest BCUT2D eigenvalue weighted by atomic mass is 32.2. The van der Waals surface area contributed by atoms with Crippen molar-refractivity contribution in [1.29, 1.82) is 0 Å². The van der Waals surface area contributed by atoms with Crippen molar-refractivity contribution in [2.75, 3.05) is 13.7 Å². The van der Waals surface area contributed by atoms with Crippen molar-refractivity contribution in [3.8, 4) is 0 Å². The highest BCUT2D eigenvalue weighted by Gasteiger charge is 2.25. The van der Waals surface area contributed by atoms with E-state index in [1.165, 1.54) is 14.0 Å². The lowest BCUT2D eigenvalue weighted by atomic mass is 10.3. The first-order valence-electron chi connectivity index (χ1n) is 4.83. The van der Waals surface area contributed by atoms with Gasteiger partial charge in [0.05, 0.1) is 6.61 Å². The van der Waals surface area contributed by atoms with Crippen LogP contribution in [0.5, 0.6) is 0 Å². The number of ether oxygens (including phenoxy) is 1. The van der Waals surface area contributed by atoms with Gasteiger partial charge in [0.2, 0.25) is 10.0 Å². The van der Waals surface area contributed by atoms with Gasteiger partial charge in [0.15, 0.2) is 4.90 Å². The number of nitrogens with one attached hydrogen (secondary N) is 1. The minimum Gasteiger partial charge on any atom is -0.383 e. The summed E-state index contributed by atoms with van der Waals surface area (Å²) in [5, 5.41) is 0. The number of sulfonamides is 1. The first kappa shape index (κ1) is 14.0. The largest absolute Gasteiger partial charge is 0.383 e. The van der Waals surface area contributed by atoms with Crippen molar-refractivity contribution in [1.82, 2.24) is 4.72 Å². The molecule has 1 N–H and O–H groups in total. The van der Waals surface area contributed by atoms with Crippen molar-refractivity contribution in [2.24, 2.45) is 0 Å². The molecule has 1 aromatic carbocycles. The lowest BCUT2D eigenvalue weighted by molar-refractivity contribution is 0.180. The zero-order chi connectivity index (χ0) is 13.1. The van der Waals surface area contributed by atoms with E-state index in [4.69, 9.17) is 4.74 Å². The molecule has 0 saturated carbocycles. The highest BCUT2D eigenvalue weighted by Crippen LogP contribution is 2.18. The van der Waals surface area contributed by atoms with Crippen LogP contribution in [0.15, 0.2) is 23.1 Å². The molecule has 0 aliphatic carbocycles. The molecule has 1 rings (SSSR count). The van der Waals surface area contributed by atoms with Gasteiger partial charge in [0.25, 0.3) is 0 Å². The van der Waals surface area contributed by atoms with Gasteiger partial charge in [0.1, 0.15) is 11.6 Å².